The summed E-state index contributed by atoms with van der Waals surface area (Å²) in [6.45, 7) is 14.6. The van der Waals surface area contributed by atoms with Gasteiger partial charge in [0.05, 0.1) is 0 Å². The van der Waals surface area contributed by atoms with Crippen molar-refractivity contribution < 1.29 is 0 Å². The third kappa shape index (κ3) is 1.33. The molecule has 0 radical (unpaired) electrons. The molecule has 0 amide bonds. The fourth-order valence-corrected chi connectivity index (χ4v) is 3.43. The van der Waals surface area contributed by atoms with Gasteiger partial charge >= 0.3 is 0 Å². The first-order valence-corrected chi connectivity index (χ1v) is 5.90. The second kappa shape index (κ2) is 3.29. The van der Waals surface area contributed by atoms with Crippen LogP contribution in [0.1, 0.15) is 60.8 Å². The van der Waals surface area contributed by atoms with Crippen molar-refractivity contribution in [3.05, 3.63) is 0 Å². The van der Waals surface area contributed by atoms with E-state index in [-0.39, 0.29) is 0 Å². The Hall–Kier alpha value is 0. The van der Waals surface area contributed by atoms with E-state index in [0.717, 1.165) is 11.8 Å². The first-order chi connectivity index (χ1) is 5.90. The van der Waals surface area contributed by atoms with Crippen molar-refractivity contribution in [2.24, 2.45) is 22.7 Å². The van der Waals surface area contributed by atoms with Gasteiger partial charge in [0.1, 0.15) is 0 Å². The molecule has 3 unspecified atom stereocenters. The third-order valence-electron chi connectivity index (χ3n) is 5.47. The fraction of sp³-hybridized carbons (Fsp3) is 1.00. The molecule has 1 aliphatic carbocycles. The van der Waals surface area contributed by atoms with Crippen molar-refractivity contribution in [1.29, 1.82) is 0 Å². The Balaban J connectivity index is 2.98. The van der Waals surface area contributed by atoms with E-state index in [2.05, 4.69) is 41.5 Å². The minimum Gasteiger partial charge on any atom is -0.0651 e. The average Bonchev–Trinajstić information content (AvgIpc) is 2.26. The minimum absolute atomic E-state index is 0.530. The van der Waals surface area contributed by atoms with Crippen molar-refractivity contribution in [2.45, 2.75) is 60.8 Å². The molecule has 0 nitrogen and oxygen atoms in total. The number of hydrogen-bond donors (Lipinski definition) is 0. The molecule has 1 aliphatic rings. The van der Waals surface area contributed by atoms with E-state index in [1.54, 1.807) is 0 Å². The third-order valence-corrected chi connectivity index (χ3v) is 5.47. The Morgan fingerprint density at radius 3 is 2.00 bits per heavy atom. The lowest BCUT2D eigenvalue weighted by Crippen LogP contribution is -2.36. The van der Waals surface area contributed by atoms with Gasteiger partial charge in [0, 0.05) is 0 Å². The Morgan fingerprint density at radius 2 is 1.69 bits per heavy atom. The summed E-state index contributed by atoms with van der Waals surface area (Å²) in [6.07, 6.45) is 4.13. The molecule has 1 fully saturated rings. The molecule has 0 N–H and O–H groups in total. The van der Waals surface area contributed by atoms with Crippen LogP contribution in [0.25, 0.3) is 0 Å². The molecule has 0 heteroatoms. The van der Waals surface area contributed by atoms with Gasteiger partial charge < -0.3 is 0 Å². The summed E-state index contributed by atoms with van der Waals surface area (Å²) in [6, 6.07) is 0. The van der Waals surface area contributed by atoms with E-state index < -0.39 is 0 Å². The molecule has 3 atom stereocenters. The second-order valence-electron chi connectivity index (χ2n) is 5.73. The summed E-state index contributed by atoms with van der Waals surface area (Å²) in [5.41, 5.74) is 1.10. The highest BCUT2D eigenvalue weighted by Crippen LogP contribution is 2.61. The number of hydrogen-bond acceptors (Lipinski definition) is 0. The van der Waals surface area contributed by atoms with Gasteiger partial charge in [-0.1, -0.05) is 48.0 Å². The van der Waals surface area contributed by atoms with E-state index in [4.69, 9.17) is 0 Å². The van der Waals surface area contributed by atoms with Crippen LogP contribution < -0.4 is 0 Å². The zero-order valence-electron chi connectivity index (χ0n) is 10.3. The zero-order valence-corrected chi connectivity index (χ0v) is 10.3. The van der Waals surface area contributed by atoms with Gasteiger partial charge in [0.25, 0.3) is 0 Å². The van der Waals surface area contributed by atoms with Crippen LogP contribution in [0.5, 0.6) is 0 Å². The highest BCUT2D eigenvalue weighted by atomic mass is 14.6. The van der Waals surface area contributed by atoms with Crippen molar-refractivity contribution in [3.8, 4) is 0 Å². The van der Waals surface area contributed by atoms with Gasteiger partial charge in [-0.05, 0) is 35.5 Å². The molecule has 78 valence electrons. The largest absolute Gasteiger partial charge is 0.0651 e. The van der Waals surface area contributed by atoms with Gasteiger partial charge in [0.2, 0.25) is 0 Å². The molecule has 1 saturated carbocycles. The molecule has 0 heterocycles. The van der Waals surface area contributed by atoms with E-state index >= 15 is 0 Å². The van der Waals surface area contributed by atoms with Gasteiger partial charge in [-0.2, -0.15) is 0 Å². The maximum Gasteiger partial charge on any atom is -0.0246 e. The molecule has 0 aliphatic heterocycles. The smallest absolute Gasteiger partial charge is 0.0246 e. The van der Waals surface area contributed by atoms with Crippen molar-refractivity contribution >= 4 is 0 Å². The Labute approximate surface area is 84.1 Å². The van der Waals surface area contributed by atoms with Gasteiger partial charge in [-0.15, -0.1) is 0 Å². The molecule has 0 saturated heterocycles. The van der Waals surface area contributed by atoms with E-state index in [0.29, 0.717) is 10.8 Å². The quantitative estimate of drug-likeness (QED) is 0.590. The lowest BCUT2D eigenvalue weighted by molar-refractivity contribution is 0.0558. The van der Waals surface area contributed by atoms with Crippen LogP contribution in [0, 0.1) is 22.7 Å². The molecule has 1 rings (SSSR count). The van der Waals surface area contributed by atoms with Crippen LogP contribution in [-0.2, 0) is 0 Å². The first kappa shape index (κ1) is 11.1. The summed E-state index contributed by atoms with van der Waals surface area (Å²) in [5.74, 6) is 1.84. The molecular weight excluding hydrogens is 156 g/mol. The van der Waals surface area contributed by atoms with Gasteiger partial charge in [-0.25, -0.2) is 0 Å². The summed E-state index contributed by atoms with van der Waals surface area (Å²) < 4.78 is 0. The highest BCUT2D eigenvalue weighted by molar-refractivity contribution is 5.02. The molecule has 0 aromatic heterocycles. The summed E-state index contributed by atoms with van der Waals surface area (Å²) in [7, 11) is 0. The van der Waals surface area contributed by atoms with Crippen LogP contribution in [0.2, 0.25) is 0 Å². The predicted molar refractivity (Wildman–Crippen MR) is 59.7 cm³/mol. The standard InChI is InChI=1S/C13H26/c1-7-11-9-10(3)12(4,5)13(11,6)8-2/h10-11H,7-9H2,1-6H3. The monoisotopic (exact) mass is 182 g/mol. The van der Waals surface area contributed by atoms with Crippen LogP contribution in [0.3, 0.4) is 0 Å². The Bertz CT molecular complexity index is 180. The Kier molecular flexibility index (Phi) is 2.81. The molecular formula is C13H26. The SMILES string of the molecule is CCC1CC(C)C(C)(C)C1(C)CC. The predicted octanol–water partition coefficient (Wildman–Crippen LogP) is 4.49. The summed E-state index contributed by atoms with van der Waals surface area (Å²) in [5, 5.41) is 0. The van der Waals surface area contributed by atoms with Crippen LogP contribution in [0.15, 0.2) is 0 Å². The second-order valence-corrected chi connectivity index (χ2v) is 5.73. The minimum atomic E-state index is 0.530. The van der Waals surface area contributed by atoms with Crippen LogP contribution >= 0.6 is 0 Å². The van der Waals surface area contributed by atoms with E-state index in [1.807, 2.05) is 0 Å². The van der Waals surface area contributed by atoms with E-state index in [1.165, 1.54) is 19.3 Å². The molecule has 0 aromatic carbocycles. The molecule has 13 heavy (non-hydrogen) atoms. The zero-order chi connectivity index (χ0) is 10.3. The topological polar surface area (TPSA) is 0 Å². The maximum absolute atomic E-state index is 2.50. The highest BCUT2D eigenvalue weighted by Gasteiger charge is 2.53. The molecule has 0 spiro atoms. The van der Waals surface area contributed by atoms with Gasteiger partial charge in [0.15, 0.2) is 0 Å². The molecule has 0 bridgehead atoms. The lowest BCUT2D eigenvalue weighted by Gasteiger charge is -2.43. The first-order valence-electron chi connectivity index (χ1n) is 5.90. The number of rotatable bonds is 2. The summed E-state index contributed by atoms with van der Waals surface area (Å²) in [4.78, 5) is 0. The van der Waals surface area contributed by atoms with Crippen molar-refractivity contribution in [1.82, 2.24) is 0 Å². The molecule has 0 aromatic rings. The van der Waals surface area contributed by atoms with Crippen molar-refractivity contribution in [2.75, 3.05) is 0 Å². The Morgan fingerprint density at radius 1 is 1.15 bits per heavy atom. The lowest BCUT2D eigenvalue weighted by atomic mass is 9.61. The van der Waals surface area contributed by atoms with Gasteiger partial charge in [-0.3, -0.25) is 0 Å². The average molecular weight is 182 g/mol. The summed E-state index contributed by atoms with van der Waals surface area (Å²) >= 11 is 0. The normalized spacial score (nSPS) is 43.8. The maximum atomic E-state index is 2.50. The van der Waals surface area contributed by atoms with Crippen molar-refractivity contribution in [3.63, 3.8) is 0 Å². The van der Waals surface area contributed by atoms with Crippen LogP contribution in [0.4, 0.5) is 0 Å². The fourth-order valence-electron chi connectivity index (χ4n) is 3.43. The van der Waals surface area contributed by atoms with E-state index in [9.17, 15) is 0 Å². The van der Waals surface area contributed by atoms with Crippen LogP contribution in [-0.4, -0.2) is 0 Å².